The van der Waals surface area contributed by atoms with Crippen molar-refractivity contribution in [2.24, 2.45) is 0 Å². The zero-order chi connectivity index (χ0) is 9.26. The molecule has 1 fully saturated rings. The van der Waals surface area contributed by atoms with E-state index in [0.29, 0.717) is 11.7 Å². The van der Waals surface area contributed by atoms with Crippen molar-refractivity contribution in [3.05, 3.63) is 16.4 Å². The molecule has 0 amide bonds. The van der Waals surface area contributed by atoms with Crippen LogP contribution in [0, 0.1) is 0 Å². The van der Waals surface area contributed by atoms with E-state index in [0.717, 1.165) is 26.1 Å². The van der Waals surface area contributed by atoms with Gasteiger partial charge in [-0.05, 0) is 19.5 Å². The summed E-state index contributed by atoms with van der Waals surface area (Å²) in [5.41, 5.74) is 0. The minimum Gasteiger partial charge on any atom is -0.303 e. The molecule has 0 saturated carbocycles. The van der Waals surface area contributed by atoms with Gasteiger partial charge < -0.3 is 4.90 Å². The monoisotopic (exact) mass is 183 g/mol. The van der Waals surface area contributed by atoms with Gasteiger partial charge >= 0.3 is 5.76 Å². The Morgan fingerprint density at radius 2 is 2.62 bits per heavy atom. The van der Waals surface area contributed by atoms with Gasteiger partial charge in [0.15, 0.2) is 5.82 Å². The average Bonchev–Trinajstić information content (AvgIpc) is 2.71. The molecule has 0 aliphatic carbocycles. The van der Waals surface area contributed by atoms with Crippen LogP contribution in [0.5, 0.6) is 0 Å². The number of aromatic nitrogens is 2. The highest BCUT2D eigenvalue weighted by atomic mass is 16.5. The second-order valence-electron chi connectivity index (χ2n) is 3.36. The number of rotatable bonds is 2. The van der Waals surface area contributed by atoms with Crippen LogP contribution in [0.4, 0.5) is 0 Å². The molecule has 1 aliphatic rings. The molecule has 0 bridgehead atoms. The molecule has 0 spiro atoms. The Labute approximate surface area is 75.7 Å². The van der Waals surface area contributed by atoms with Gasteiger partial charge in [0.2, 0.25) is 0 Å². The number of likely N-dealkylation sites (tertiary alicyclic amines) is 1. The molecule has 0 aromatic carbocycles. The van der Waals surface area contributed by atoms with Gasteiger partial charge in [0.05, 0.1) is 0 Å². The highest BCUT2D eigenvalue weighted by Gasteiger charge is 2.25. The van der Waals surface area contributed by atoms with E-state index in [9.17, 15) is 4.79 Å². The van der Waals surface area contributed by atoms with Crippen LogP contribution in [0.2, 0.25) is 0 Å². The Morgan fingerprint density at radius 3 is 3.15 bits per heavy atom. The van der Waals surface area contributed by atoms with Crippen molar-refractivity contribution in [3.8, 4) is 0 Å². The Bertz CT molecular complexity index is 330. The number of hydrogen-bond acceptors (Lipinski definition) is 4. The van der Waals surface area contributed by atoms with Gasteiger partial charge in [0.25, 0.3) is 0 Å². The van der Waals surface area contributed by atoms with Gasteiger partial charge in [-0.15, -0.1) is 0 Å². The molecular weight excluding hydrogens is 170 g/mol. The summed E-state index contributed by atoms with van der Waals surface area (Å²) in [6.45, 7) is 5.24. The van der Waals surface area contributed by atoms with E-state index in [1.807, 2.05) is 0 Å². The van der Waals surface area contributed by atoms with Gasteiger partial charge in [-0.3, -0.25) is 9.51 Å². The second-order valence-corrected chi connectivity index (χ2v) is 3.36. The van der Waals surface area contributed by atoms with Gasteiger partial charge in [0, 0.05) is 12.5 Å². The van der Waals surface area contributed by atoms with Crippen molar-refractivity contribution in [3.63, 3.8) is 0 Å². The van der Waals surface area contributed by atoms with Crippen LogP contribution < -0.4 is 5.76 Å². The first kappa shape index (κ1) is 8.50. The minimum atomic E-state index is -0.454. The number of hydrogen-bond donors (Lipinski definition) is 1. The van der Waals surface area contributed by atoms with Crippen LogP contribution >= 0.6 is 0 Å². The van der Waals surface area contributed by atoms with E-state index in [4.69, 9.17) is 0 Å². The molecule has 2 heterocycles. The third-order valence-electron chi connectivity index (χ3n) is 2.56. The second kappa shape index (κ2) is 3.33. The largest absolute Gasteiger partial charge is 0.438 e. The molecule has 5 nitrogen and oxygen atoms in total. The van der Waals surface area contributed by atoms with Crippen LogP contribution in [0.3, 0.4) is 0 Å². The van der Waals surface area contributed by atoms with Crippen molar-refractivity contribution < 1.29 is 4.52 Å². The van der Waals surface area contributed by atoms with Crippen molar-refractivity contribution >= 4 is 0 Å². The Kier molecular flexibility index (Phi) is 2.18. The SMILES string of the molecule is CCN1CC[C@@H](c2noc(=O)[nH]2)C1. The maximum Gasteiger partial charge on any atom is 0.438 e. The number of aromatic amines is 1. The highest BCUT2D eigenvalue weighted by Crippen LogP contribution is 2.23. The van der Waals surface area contributed by atoms with Crippen LogP contribution in [-0.2, 0) is 0 Å². The molecular formula is C8H13N3O2. The lowest BCUT2D eigenvalue weighted by Crippen LogP contribution is -2.19. The van der Waals surface area contributed by atoms with E-state index >= 15 is 0 Å². The molecule has 1 aliphatic heterocycles. The first-order valence-corrected chi connectivity index (χ1v) is 4.58. The zero-order valence-corrected chi connectivity index (χ0v) is 7.62. The lowest BCUT2D eigenvalue weighted by Gasteiger charge is -2.10. The summed E-state index contributed by atoms with van der Waals surface area (Å²) in [7, 11) is 0. The van der Waals surface area contributed by atoms with Crippen molar-refractivity contribution in [1.82, 2.24) is 15.0 Å². The third kappa shape index (κ3) is 1.65. The molecule has 72 valence electrons. The van der Waals surface area contributed by atoms with Gasteiger partial charge in [-0.2, -0.15) is 0 Å². The zero-order valence-electron chi connectivity index (χ0n) is 7.62. The predicted molar refractivity (Wildman–Crippen MR) is 46.6 cm³/mol. The highest BCUT2D eigenvalue weighted by molar-refractivity contribution is 4.97. The molecule has 13 heavy (non-hydrogen) atoms. The lowest BCUT2D eigenvalue weighted by molar-refractivity contribution is 0.347. The Morgan fingerprint density at radius 1 is 1.77 bits per heavy atom. The van der Waals surface area contributed by atoms with Crippen molar-refractivity contribution in [2.75, 3.05) is 19.6 Å². The molecule has 1 aromatic heterocycles. The Hall–Kier alpha value is -1.10. The van der Waals surface area contributed by atoms with E-state index in [2.05, 4.69) is 26.5 Å². The quantitative estimate of drug-likeness (QED) is 0.710. The number of likely N-dealkylation sites (N-methyl/N-ethyl adjacent to an activating group) is 1. The fourth-order valence-corrected chi connectivity index (χ4v) is 1.76. The smallest absolute Gasteiger partial charge is 0.303 e. The summed E-state index contributed by atoms with van der Waals surface area (Å²) in [4.78, 5) is 15.6. The number of nitrogens with one attached hydrogen (secondary N) is 1. The average molecular weight is 183 g/mol. The predicted octanol–water partition coefficient (Wildman–Crippen LogP) is 0.172. The van der Waals surface area contributed by atoms with E-state index < -0.39 is 5.76 Å². The maximum absolute atomic E-state index is 10.7. The van der Waals surface area contributed by atoms with Crippen LogP contribution in [0.1, 0.15) is 25.1 Å². The van der Waals surface area contributed by atoms with Gasteiger partial charge in [-0.25, -0.2) is 4.79 Å². The first-order chi connectivity index (χ1) is 6.29. The molecule has 5 heteroatoms. The first-order valence-electron chi connectivity index (χ1n) is 4.58. The maximum atomic E-state index is 10.7. The van der Waals surface area contributed by atoms with Crippen LogP contribution in [-0.4, -0.2) is 34.7 Å². The summed E-state index contributed by atoms with van der Waals surface area (Å²) in [5, 5.41) is 3.70. The summed E-state index contributed by atoms with van der Waals surface area (Å²) >= 11 is 0. The summed E-state index contributed by atoms with van der Waals surface area (Å²) in [6.07, 6.45) is 1.05. The minimum absolute atomic E-state index is 0.339. The molecule has 1 atom stereocenters. The Balaban J connectivity index is 2.07. The van der Waals surface area contributed by atoms with E-state index in [1.54, 1.807) is 0 Å². The lowest BCUT2D eigenvalue weighted by atomic mass is 10.1. The molecule has 2 rings (SSSR count). The fraction of sp³-hybridized carbons (Fsp3) is 0.750. The number of H-pyrrole nitrogens is 1. The fourth-order valence-electron chi connectivity index (χ4n) is 1.76. The molecule has 1 saturated heterocycles. The molecule has 1 aromatic rings. The van der Waals surface area contributed by atoms with Crippen LogP contribution in [0.15, 0.2) is 9.32 Å². The molecule has 0 radical (unpaired) electrons. The summed E-state index contributed by atoms with van der Waals surface area (Å²) in [5.74, 6) is 0.581. The normalized spacial score (nSPS) is 23.9. The van der Waals surface area contributed by atoms with Crippen molar-refractivity contribution in [1.29, 1.82) is 0 Å². The van der Waals surface area contributed by atoms with Crippen molar-refractivity contribution in [2.45, 2.75) is 19.3 Å². The van der Waals surface area contributed by atoms with E-state index in [-0.39, 0.29) is 0 Å². The molecule has 0 unspecified atom stereocenters. The third-order valence-corrected chi connectivity index (χ3v) is 2.56. The standard InChI is InChI=1S/C8H13N3O2/c1-2-11-4-3-6(5-11)7-9-8(12)13-10-7/h6H,2-5H2,1H3,(H,9,10,12)/t6-/m1/s1. The summed E-state index contributed by atoms with van der Waals surface area (Å²) < 4.78 is 4.47. The number of nitrogens with zero attached hydrogens (tertiary/aromatic N) is 2. The van der Waals surface area contributed by atoms with Crippen LogP contribution in [0.25, 0.3) is 0 Å². The van der Waals surface area contributed by atoms with Gasteiger partial charge in [-0.1, -0.05) is 12.1 Å². The summed E-state index contributed by atoms with van der Waals surface area (Å²) in [6, 6.07) is 0. The molecule has 1 N–H and O–H groups in total. The topological polar surface area (TPSA) is 62.1 Å². The van der Waals surface area contributed by atoms with E-state index in [1.165, 1.54) is 0 Å². The van der Waals surface area contributed by atoms with Gasteiger partial charge in [0.1, 0.15) is 0 Å².